The Morgan fingerprint density at radius 2 is 1.61 bits per heavy atom. The van der Waals surface area contributed by atoms with E-state index in [1.807, 2.05) is 48.5 Å². The molecule has 3 amide bonds. The number of rotatable bonds is 3. The number of amides is 3. The molecule has 2 aliphatic heterocycles. The van der Waals surface area contributed by atoms with Crippen LogP contribution in [0.15, 0.2) is 60.7 Å². The Hall–Kier alpha value is -2.86. The maximum absolute atomic E-state index is 12.9. The summed E-state index contributed by atoms with van der Waals surface area (Å²) in [5.41, 5.74) is 1.46. The Balaban J connectivity index is 1.44. The van der Waals surface area contributed by atoms with E-state index in [4.69, 9.17) is 0 Å². The van der Waals surface area contributed by atoms with Crippen molar-refractivity contribution in [3.05, 3.63) is 66.2 Å². The van der Waals surface area contributed by atoms with Crippen LogP contribution in [0.5, 0.6) is 0 Å². The van der Waals surface area contributed by atoms with Gasteiger partial charge >= 0.3 is 6.03 Å². The average molecular weight is 378 g/mol. The van der Waals surface area contributed by atoms with Gasteiger partial charge in [-0.2, -0.15) is 0 Å². The number of nitrogens with zero attached hydrogens (tertiary/aromatic N) is 2. The lowest BCUT2D eigenvalue weighted by Crippen LogP contribution is -2.68. The van der Waals surface area contributed by atoms with Crippen molar-refractivity contribution >= 4 is 17.6 Å². The number of benzene rings is 2. The molecule has 6 heteroatoms. The molecule has 0 unspecified atom stereocenters. The van der Waals surface area contributed by atoms with Crippen LogP contribution in [0.2, 0.25) is 0 Å². The first-order valence-corrected chi connectivity index (χ1v) is 9.86. The van der Waals surface area contributed by atoms with Crippen molar-refractivity contribution in [2.24, 2.45) is 0 Å². The number of piperazine rings is 1. The Bertz CT molecular complexity index is 817. The highest BCUT2D eigenvalue weighted by atomic mass is 16.2. The number of urea groups is 1. The van der Waals surface area contributed by atoms with Gasteiger partial charge in [0, 0.05) is 38.4 Å². The molecule has 4 rings (SSSR count). The number of likely N-dealkylation sites (tertiary alicyclic amines) is 1. The predicted octanol–water partition coefficient (Wildman–Crippen LogP) is 2.69. The summed E-state index contributed by atoms with van der Waals surface area (Å²) in [5.74, 6) is 0.0952. The second-order valence-corrected chi connectivity index (χ2v) is 7.48. The lowest BCUT2D eigenvalue weighted by atomic mass is 9.83. The molecule has 2 heterocycles. The molecule has 146 valence electrons. The Kier molecular flexibility index (Phi) is 5.30. The fourth-order valence-electron chi connectivity index (χ4n) is 4.21. The van der Waals surface area contributed by atoms with Crippen LogP contribution >= 0.6 is 0 Å². The van der Waals surface area contributed by atoms with Crippen molar-refractivity contribution in [3.8, 4) is 0 Å². The van der Waals surface area contributed by atoms with Gasteiger partial charge in [-0.05, 0) is 30.5 Å². The van der Waals surface area contributed by atoms with E-state index in [-0.39, 0.29) is 11.9 Å². The van der Waals surface area contributed by atoms with Gasteiger partial charge in [0.1, 0.15) is 5.54 Å². The van der Waals surface area contributed by atoms with Gasteiger partial charge in [-0.15, -0.1) is 0 Å². The third-order valence-electron chi connectivity index (χ3n) is 5.81. The van der Waals surface area contributed by atoms with Crippen molar-refractivity contribution < 1.29 is 9.59 Å². The molecule has 2 aliphatic rings. The average Bonchev–Trinajstić information content (AvgIpc) is 2.73. The summed E-state index contributed by atoms with van der Waals surface area (Å²) in [6.07, 6.45) is 1.29. The topological polar surface area (TPSA) is 64.7 Å². The third kappa shape index (κ3) is 3.73. The molecule has 2 N–H and O–H groups in total. The van der Waals surface area contributed by atoms with Gasteiger partial charge in [-0.1, -0.05) is 48.5 Å². The Labute approximate surface area is 165 Å². The predicted molar refractivity (Wildman–Crippen MR) is 109 cm³/mol. The van der Waals surface area contributed by atoms with Gasteiger partial charge in [0.05, 0.1) is 0 Å². The smallest absolute Gasteiger partial charge is 0.321 e. The largest absolute Gasteiger partial charge is 0.353 e. The maximum atomic E-state index is 12.9. The van der Waals surface area contributed by atoms with E-state index in [0.717, 1.165) is 18.8 Å². The summed E-state index contributed by atoms with van der Waals surface area (Å²) in [5, 5.41) is 5.98. The summed E-state index contributed by atoms with van der Waals surface area (Å²) >= 11 is 0. The normalized spacial score (nSPS) is 19.3. The highest BCUT2D eigenvalue weighted by Gasteiger charge is 2.48. The van der Waals surface area contributed by atoms with E-state index in [2.05, 4.69) is 27.7 Å². The fourth-order valence-corrected chi connectivity index (χ4v) is 4.21. The van der Waals surface area contributed by atoms with Crippen molar-refractivity contribution in [2.75, 3.05) is 31.5 Å². The number of anilines is 1. The van der Waals surface area contributed by atoms with Crippen molar-refractivity contribution in [2.45, 2.75) is 24.9 Å². The van der Waals surface area contributed by atoms with Crippen molar-refractivity contribution in [1.82, 2.24) is 15.1 Å². The molecule has 2 fully saturated rings. The molecule has 1 spiro atoms. The molecule has 0 atom stereocenters. The van der Waals surface area contributed by atoms with E-state index in [1.54, 1.807) is 4.90 Å². The summed E-state index contributed by atoms with van der Waals surface area (Å²) in [4.78, 5) is 29.6. The minimum atomic E-state index is -0.530. The maximum Gasteiger partial charge on any atom is 0.321 e. The van der Waals surface area contributed by atoms with Crippen LogP contribution in [0.3, 0.4) is 0 Å². The second-order valence-electron chi connectivity index (χ2n) is 7.48. The molecule has 0 aromatic heterocycles. The number of hydrogen-bond donors (Lipinski definition) is 2. The highest BCUT2D eigenvalue weighted by molar-refractivity contribution is 5.90. The number of carbonyl (C=O) groups excluding carboxylic acids is 2. The van der Waals surface area contributed by atoms with E-state index in [1.165, 1.54) is 5.56 Å². The van der Waals surface area contributed by atoms with Crippen LogP contribution in [-0.4, -0.2) is 53.5 Å². The first kappa shape index (κ1) is 18.5. The zero-order valence-electron chi connectivity index (χ0n) is 15.9. The van der Waals surface area contributed by atoms with Crippen LogP contribution in [0, 0.1) is 0 Å². The van der Waals surface area contributed by atoms with E-state index in [0.29, 0.717) is 32.5 Å². The van der Waals surface area contributed by atoms with Gasteiger partial charge in [0.2, 0.25) is 5.91 Å². The molecular formula is C22H26N4O2. The molecule has 6 nitrogen and oxygen atoms in total. The summed E-state index contributed by atoms with van der Waals surface area (Å²) in [7, 11) is 0. The lowest BCUT2D eigenvalue weighted by Gasteiger charge is -2.50. The third-order valence-corrected chi connectivity index (χ3v) is 5.81. The van der Waals surface area contributed by atoms with Gasteiger partial charge in [0.25, 0.3) is 0 Å². The van der Waals surface area contributed by atoms with E-state index < -0.39 is 5.54 Å². The molecule has 2 aromatic carbocycles. The molecular weight excluding hydrogens is 352 g/mol. The van der Waals surface area contributed by atoms with Crippen molar-refractivity contribution in [1.29, 1.82) is 0 Å². The summed E-state index contributed by atoms with van der Waals surface area (Å²) in [6, 6.07) is 19.6. The van der Waals surface area contributed by atoms with Crippen LogP contribution in [0.1, 0.15) is 18.4 Å². The van der Waals surface area contributed by atoms with Gasteiger partial charge in [0.15, 0.2) is 0 Å². The molecule has 28 heavy (non-hydrogen) atoms. The minimum absolute atomic E-state index is 0.0952. The first-order valence-electron chi connectivity index (χ1n) is 9.86. The van der Waals surface area contributed by atoms with Crippen LogP contribution in [0.25, 0.3) is 0 Å². The zero-order chi connectivity index (χ0) is 19.4. The highest BCUT2D eigenvalue weighted by Crippen LogP contribution is 2.32. The quantitative estimate of drug-likeness (QED) is 0.863. The Morgan fingerprint density at radius 3 is 2.29 bits per heavy atom. The minimum Gasteiger partial charge on any atom is -0.353 e. The summed E-state index contributed by atoms with van der Waals surface area (Å²) in [6.45, 7) is 3.39. The van der Waals surface area contributed by atoms with E-state index >= 15 is 0 Å². The molecule has 0 saturated carbocycles. The van der Waals surface area contributed by atoms with Crippen molar-refractivity contribution in [3.63, 3.8) is 0 Å². The number of carbonyl (C=O) groups is 2. The number of nitrogens with one attached hydrogen (secondary N) is 2. The van der Waals surface area contributed by atoms with Crippen LogP contribution < -0.4 is 10.6 Å². The van der Waals surface area contributed by atoms with Gasteiger partial charge in [-0.25, -0.2) is 4.79 Å². The Morgan fingerprint density at radius 1 is 0.964 bits per heavy atom. The number of piperidine rings is 1. The lowest BCUT2D eigenvalue weighted by molar-refractivity contribution is -0.141. The van der Waals surface area contributed by atoms with Crippen LogP contribution in [0.4, 0.5) is 10.5 Å². The first-order chi connectivity index (χ1) is 13.7. The monoisotopic (exact) mass is 378 g/mol. The summed E-state index contributed by atoms with van der Waals surface area (Å²) < 4.78 is 0. The SMILES string of the molecule is O=C(Nc1ccccc1)N1CCC2(CC1)C(=O)NCCN2Cc1ccccc1. The molecule has 2 saturated heterocycles. The second kappa shape index (κ2) is 8.02. The van der Waals surface area contributed by atoms with E-state index in [9.17, 15) is 9.59 Å². The van der Waals surface area contributed by atoms with Gasteiger partial charge in [-0.3, -0.25) is 9.69 Å². The van der Waals surface area contributed by atoms with Crippen LogP contribution in [-0.2, 0) is 11.3 Å². The molecule has 2 aromatic rings. The number of hydrogen-bond acceptors (Lipinski definition) is 3. The molecule has 0 bridgehead atoms. The zero-order valence-corrected chi connectivity index (χ0v) is 15.9. The molecule has 0 radical (unpaired) electrons. The number of para-hydroxylation sites is 1. The molecule has 0 aliphatic carbocycles. The fraction of sp³-hybridized carbons (Fsp3) is 0.364. The standard InChI is InChI=1S/C22H26N4O2/c27-20-22(26(16-13-23-20)17-18-7-3-1-4-8-18)11-14-25(15-12-22)21(28)24-19-9-5-2-6-10-19/h1-10H,11-17H2,(H,23,27)(H,24,28). The van der Waals surface area contributed by atoms with Gasteiger partial charge < -0.3 is 15.5 Å².